The largest absolute Gasteiger partial charge is 0.481 e. The number of hydrogen-bond donors (Lipinski definition) is 2. The van der Waals surface area contributed by atoms with E-state index < -0.39 is 11.4 Å². The predicted octanol–water partition coefficient (Wildman–Crippen LogP) is 2.61. The molecule has 120 valence electrons. The summed E-state index contributed by atoms with van der Waals surface area (Å²) in [7, 11) is 0. The molecule has 1 saturated heterocycles. The van der Waals surface area contributed by atoms with Crippen LogP contribution in [-0.2, 0) is 11.3 Å². The molecule has 22 heavy (non-hydrogen) atoms. The summed E-state index contributed by atoms with van der Waals surface area (Å²) in [6.07, 6.45) is 2.52. The molecule has 1 aliphatic heterocycles. The number of aryl methyl sites for hydroxylation is 1. The maximum Gasteiger partial charge on any atom is 0.317 e. The first kappa shape index (κ1) is 15.7. The number of aromatic nitrogens is 1. The Bertz CT molecular complexity index is 601. The van der Waals surface area contributed by atoms with E-state index in [1.165, 1.54) is 11.3 Å². The third kappa shape index (κ3) is 2.62. The van der Waals surface area contributed by atoms with E-state index in [2.05, 4.69) is 26.2 Å². The van der Waals surface area contributed by atoms with Gasteiger partial charge in [-0.15, -0.1) is 11.3 Å². The fraction of sp³-hybridized carbons (Fsp3) is 0.643. The number of carboxylic acids is 1. The molecule has 2 amide bonds. The van der Waals surface area contributed by atoms with Gasteiger partial charge in [0.05, 0.1) is 21.4 Å². The highest BCUT2D eigenvalue weighted by Gasteiger charge is 2.55. The van der Waals surface area contributed by atoms with Crippen LogP contribution in [-0.4, -0.2) is 40.1 Å². The van der Waals surface area contributed by atoms with E-state index in [0.29, 0.717) is 26.1 Å². The van der Waals surface area contributed by atoms with Crippen molar-refractivity contribution < 1.29 is 14.7 Å². The third-order valence-corrected chi connectivity index (χ3v) is 6.76. The Labute approximate surface area is 141 Å². The van der Waals surface area contributed by atoms with Gasteiger partial charge in [0.1, 0.15) is 5.01 Å². The number of rotatable bonds is 3. The lowest BCUT2D eigenvalue weighted by Crippen LogP contribution is -2.41. The lowest BCUT2D eigenvalue weighted by Gasteiger charge is -2.23. The van der Waals surface area contributed by atoms with Gasteiger partial charge in [0, 0.05) is 13.1 Å². The molecule has 1 aromatic heterocycles. The molecule has 2 atom stereocenters. The zero-order chi connectivity index (χ0) is 15.9. The number of urea groups is 1. The summed E-state index contributed by atoms with van der Waals surface area (Å²) >= 11 is 4.91. The Morgan fingerprint density at radius 2 is 2.36 bits per heavy atom. The number of thiazole rings is 1. The molecular formula is C14H18BrN3O3S. The summed E-state index contributed by atoms with van der Waals surface area (Å²) < 4.78 is 0.970. The van der Waals surface area contributed by atoms with Crippen LogP contribution in [0, 0.1) is 18.3 Å². The van der Waals surface area contributed by atoms with Gasteiger partial charge in [0.2, 0.25) is 0 Å². The Hall–Kier alpha value is -1.15. The van der Waals surface area contributed by atoms with Crippen molar-refractivity contribution in [2.45, 2.75) is 32.7 Å². The number of nitrogens with zero attached hydrogens (tertiary/aromatic N) is 2. The van der Waals surface area contributed by atoms with Crippen LogP contribution in [0.3, 0.4) is 0 Å². The van der Waals surface area contributed by atoms with E-state index in [9.17, 15) is 14.7 Å². The number of carbonyl (C=O) groups is 2. The van der Waals surface area contributed by atoms with E-state index in [0.717, 1.165) is 27.3 Å². The second kappa shape index (κ2) is 5.81. The van der Waals surface area contributed by atoms with Gasteiger partial charge in [-0.3, -0.25) is 4.79 Å². The second-order valence-corrected chi connectivity index (χ2v) is 8.46. The maximum atomic E-state index is 12.3. The minimum absolute atomic E-state index is 0.0898. The first-order valence-corrected chi connectivity index (χ1v) is 8.91. The smallest absolute Gasteiger partial charge is 0.317 e. The van der Waals surface area contributed by atoms with E-state index in [1.807, 2.05) is 6.92 Å². The molecule has 0 radical (unpaired) electrons. The molecule has 8 heteroatoms. The van der Waals surface area contributed by atoms with Crippen molar-refractivity contribution in [2.75, 3.05) is 13.1 Å². The summed E-state index contributed by atoms with van der Waals surface area (Å²) in [6.45, 7) is 3.14. The molecule has 2 fully saturated rings. The molecule has 0 unspecified atom stereocenters. The molecule has 0 spiro atoms. The van der Waals surface area contributed by atoms with Crippen LogP contribution in [0.25, 0.3) is 0 Å². The van der Waals surface area contributed by atoms with Gasteiger partial charge < -0.3 is 15.3 Å². The Morgan fingerprint density at radius 1 is 1.59 bits per heavy atom. The highest BCUT2D eigenvalue weighted by Crippen LogP contribution is 2.48. The predicted molar refractivity (Wildman–Crippen MR) is 85.8 cm³/mol. The number of carboxylic acid groups (broad SMARTS) is 1. The van der Waals surface area contributed by atoms with Gasteiger partial charge in [-0.25, -0.2) is 9.78 Å². The lowest BCUT2D eigenvalue weighted by molar-refractivity contribution is -0.149. The SMILES string of the molecule is Cc1nc(CNC(=O)N2C[C@@H]3CCC[C@@]3(C(=O)O)C2)sc1Br. The van der Waals surface area contributed by atoms with Gasteiger partial charge >= 0.3 is 12.0 Å². The Kier molecular flexibility index (Phi) is 4.15. The third-order valence-electron chi connectivity index (χ3n) is 4.76. The van der Waals surface area contributed by atoms with Gasteiger partial charge in [-0.05, 0) is 41.6 Å². The fourth-order valence-corrected chi connectivity index (χ4v) is 4.94. The van der Waals surface area contributed by atoms with Crippen molar-refractivity contribution in [1.29, 1.82) is 0 Å². The van der Waals surface area contributed by atoms with Gasteiger partial charge in [0.25, 0.3) is 0 Å². The van der Waals surface area contributed by atoms with Crippen molar-refractivity contribution >= 4 is 39.3 Å². The number of halogens is 1. The topological polar surface area (TPSA) is 82.5 Å². The van der Waals surface area contributed by atoms with Crippen LogP contribution in [0.5, 0.6) is 0 Å². The Balaban J connectivity index is 1.61. The van der Waals surface area contributed by atoms with Crippen LogP contribution in [0.15, 0.2) is 3.79 Å². The average Bonchev–Trinajstić information content (AvgIpc) is 3.09. The van der Waals surface area contributed by atoms with Crippen LogP contribution < -0.4 is 5.32 Å². The zero-order valence-electron chi connectivity index (χ0n) is 12.3. The van der Waals surface area contributed by atoms with E-state index in [1.54, 1.807) is 4.90 Å². The molecule has 0 aromatic carbocycles. The normalized spacial score (nSPS) is 27.0. The summed E-state index contributed by atoms with van der Waals surface area (Å²) in [6, 6.07) is -0.195. The maximum absolute atomic E-state index is 12.3. The molecule has 2 heterocycles. The van der Waals surface area contributed by atoms with Crippen molar-refractivity contribution in [2.24, 2.45) is 11.3 Å². The van der Waals surface area contributed by atoms with Crippen molar-refractivity contribution in [3.8, 4) is 0 Å². The monoisotopic (exact) mass is 387 g/mol. The molecule has 1 aliphatic carbocycles. The molecule has 0 bridgehead atoms. The lowest BCUT2D eigenvalue weighted by atomic mass is 9.81. The number of amides is 2. The number of hydrogen-bond acceptors (Lipinski definition) is 4. The molecule has 2 aliphatic rings. The minimum Gasteiger partial charge on any atom is -0.481 e. The van der Waals surface area contributed by atoms with Gasteiger partial charge in [-0.1, -0.05) is 6.42 Å². The summed E-state index contributed by atoms with van der Waals surface area (Å²) in [5.41, 5.74) is 0.188. The molecule has 2 N–H and O–H groups in total. The molecule has 3 rings (SSSR count). The molecule has 1 saturated carbocycles. The summed E-state index contributed by atoms with van der Waals surface area (Å²) in [5, 5.41) is 13.2. The van der Waals surface area contributed by atoms with Crippen LogP contribution >= 0.6 is 27.3 Å². The number of aliphatic carboxylic acids is 1. The van der Waals surface area contributed by atoms with E-state index in [-0.39, 0.29) is 11.9 Å². The van der Waals surface area contributed by atoms with Crippen molar-refractivity contribution in [3.05, 3.63) is 14.5 Å². The number of nitrogens with one attached hydrogen (secondary N) is 1. The highest BCUT2D eigenvalue weighted by molar-refractivity contribution is 9.11. The number of likely N-dealkylation sites (tertiary alicyclic amines) is 1. The molecule has 1 aromatic rings. The number of carbonyl (C=O) groups excluding carboxylic acids is 1. The average molecular weight is 388 g/mol. The molecular weight excluding hydrogens is 370 g/mol. The van der Waals surface area contributed by atoms with Crippen LogP contribution in [0.1, 0.15) is 30.0 Å². The zero-order valence-corrected chi connectivity index (χ0v) is 14.7. The van der Waals surface area contributed by atoms with E-state index in [4.69, 9.17) is 0 Å². The second-order valence-electron chi connectivity index (χ2n) is 6.06. The summed E-state index contributed by atoms with van der Waals surface area (Å²) in [4.78, 5) is 29.9. The van der Waals surface area contributed by atoms with Crippen molar-refractivity contribution in [1.82, 2.24) is 15.2 Å². The van der Waals surface area contributed by atoms with Crippen molar-refractivity contribution in [3.63, 3.8) is 0 Å². The van der Waals surface area contributed by atoms with Gasteiger partial charge in [0.15, 0.2) is 0 Å². The van der Waals surface area contributed by atoms with Crippen LogP contribution in [0.4, 0.5) is 4.79 Å². The molecule has 6 nitrogen and oxygen atoms in total. The van der Waals surface area contributed by atoms with Gasteiger partial charge in [-0.2, -0.15) is 0 Å². The Morgan fingerprint density at radius 3 is 2.95 bits per heavy atom. The first-order valence-electron chi connectivity index (χ1n) is 7.30. The minimum atomic E-state index is -0.759. The highest BCUT2D eigenvalue weighted by atomic mass is 79.9. The first-order chi connectivity index (χ1) is 10.4. The summed E-state index contributed by atoms with van der Waals surface area (Å²) in [5.74, 6) is -0.670. The number of fused-ring (bicyclic) bond motifs is 1. The fourth-order valence-electron chi connectivity index (χ4n) is 3.56. The van der Waals surface area contributed by atoms with E-state index >= 15 is 0 Å². The van der Waals surface area contributed by atoms with Crippen LogP contribution in [0.2, 0.25) is 0 Å². The standard InChI is InChI=1S/C14H18BrN3O3S/c1-8-11(15)22-10(17-8)5-16-13(21)18-6-9-3-2-4-14(9,7-18)12(19)20/h9H,2-7H2,1H3,(H,16,21)(H,19,20)/t9-,14+/m0/s1. The quantitative estimate of drug-likeness (QED) is 0.834.